The normalized spacial score (nSPS) is 10.2. The van der Waals surface area contributed by atoms with Crippen molar-refractivity contribution in [1.29, 1.82) is 0 Å². The van der Waals surface area contributed by atoms with E-state index in [9.17, 15) is 0 Å². The molecule has 0 saturated carbocycles. The highest BCUT2D eigenvalue weighted by Gasteiger charge is 2.02. The van der Waals surface area contributed by atoms with Crippen molar-refractivity contribution in [1.82, 2.24) is 0 Å². The average molecular weight is 308 g/mol. The molecule has 0 aliphatic rings. The van der Waals surface area contributed by atoms with Gasteiger partial charge in [-0.2, -0.15) is 0 Å². The maximum atomic E-state index is 8.74. The van der Waals surface area contributed by atoms with E-state index in [0.717, 1.165) is 16.6 Å². The van der Waals surface area contributed by atoms with E-state index in [1.54, 1.807) is 7.11 Å². The van der Waals surface area contributed by atoms with Gasteiger partial charge in [0, 0.05) is 0 Å². The van der Waals surface area contributed by atoms with Crippen LogP contribution in [0.3, 0.4) is 0 Å². The highest BCUT2D eigenvalue weighted by molar-refractivity contribution is 9.10. The zero-order valence-corrected chi connectivity index (χ0v) is 11.6. The predicted molar refractivity (Wildman–Crippen MR) is 75.4 cm³/mol. The molecule has 0 bridgehead atoms. The van der Waals surface area contributed by atoms with Crippen LogP contribution in [0.4, 0.5) is 5.69 Å². The van der Waals surface area contributed by atoms with Crippen molar-refractivity contribution < 1.29 is 9.94 Å². The fraction of sp³-hybridized carbons (Fsp3) is 0.143. The van der Waals surface area contributed by atoms with Gasteiger partial charge in [-0.25, -0.2) is 0 Å². The highest BCUT2D eigenvalue weighted by Crippen LogP contribution is 2.26. The third kappa shape index (κ3) is 3.03. The van der Waals surface area contributed by atoms with E-state index in [1.807, 2.05) is 36.4 Å². The van der Waals surface area contributed by atoms with Gasteiger partial charge in [-0.05, 0) is 57.7 Å². The molecule has 94 valence electrons. The number of benzene rings is 2. The summed E-state index contributed by atoms with van der Waals surface area (Å²) in [5, 5.41) is 8.74. The molecular formula is C14H14BrNO2. The zero-order valence-electron chi connectivity index (χ0n) is 9.98. The Hall–Kier alpha value is -1.52. The lowest BCUT2D eigenvalue weighted by Crippen LogP contribution is -1.92. The predicted octanol–water partition coefficient (Wildman–Crippen LogP) is 3.85. The Kier molecular flexibility index (Phi) is 4.23. The number of nitrogens with one attached hydrogen (secondary N) is 1. The third-order valence-corrected chi connectivity index (χ3v) is 3.33. The van der Waals surface area contributed by atoms with Gasteiger partial charge in [0.25, 0.3) is 0 Å². The van der Waals surface area contributed by atoms with Gasteiger partial charge >= 0.3 is 0 Å². The minimum atomic E-state index is 0.690. The molecule has 0 heterocycles. The summed E-state index contributed by atoms with van der Waals surface area (Å²) >= 11 is 3.48. The van der Waals surface area contributed by atoms with E-state index in [0.29, 0.717) is 5.69 Å². The Labute approximate surface area is 114 Å². The van der Waals surface area contributed by atoms with Crippen molar-refractivity contribution in [2.45, 2.75) is 6.42 Å². The molecule has 2 aromatic carbocycles. The van der Waals surface area contributed by atoms with Gasteiger partial charge in [0.15, 0.2) is 0 Å². The second-order valence-corrected chi connectivity index (χ2v) is 4.81. The smallest absolute Gasteiger partial charge is 0.133 e. The van der Waals surface area contributed by atoms with Crippen LogP contribution in [0.25, 0.3) is 0 Å². The minimum Gasteiger partial charge on any atom is -0.496 e. The summed E-state index contributed by atoms with van der Waals surface area (Å²) in [6.07, 6.45) is 0.842. The fourth-order valence-corrected chi connectivity index (χ4v) is 2.34. The van der Waals surface area contributed by atoms with Crippen LogP contribution in [0.15, 0.2) is 46.9 Å². The first-order chi connectivity index (χ1) is 8.72. The average Bonchev–Trinajstić information content (AvgIpc) is 2.40. The van der Waals surface area contributed by atoms with E-state index in [-0.39, 0.29) is 0 Å². The van der Waals surface area contributed by atoms with Gasteiger partial charge in [0.1, 0.15) is 5.75 Å². The van der Waals surface area contributed by atoms with Crippen molar-refractivity contribution in [3.8, 4) is 5.75 Å². The molecule has 0 saturated heterocycles. The van der Waals surface area contributed by atoms with Crippen LogP contribution in [-0.4, -0.2) is 12.3 Å². The third-order valence-electron chi connectivity index (χ3n) is 2.71. The molecule has 0 aromatic heterocycles. The standard InChI is InChI=1S/C14H14BrNO2/c1-18-14-7-4-11(9-13(14)15)8-10-2-5-12(16-17)6-3-10/h2-7,9,16-17H,8H2,1H3. The molecule has 0 amide bonds. The van der Waals surface area contributed by atoms with Crippen LogP contribution in [0.2, 0.25) is 0 Å². The van der Waals surface area contributed by atoms with E-state index < -0.39 is 0 Å². The van der Waals surface area contributed by atoms with Crippen LogP contribution < -0.4 is 10.2 Å². The second kappa shape index (κ2) is 5.89. The van der Waals surface area contributed by atoms with Crippen molar-refractivity contribution >= 4 is 21.6 Å². The number of methoxy groups -OCH3 is 1. The molecule has 0 radical (unpaired) electrons. The molecule has 0 spiro atoms. The molecule has 0 fully saturated rings. The number of halogens is 1. The van der Waals surface area contributed by atoms with Crippen molar-refractivity contribution in [2.24, 2.45) is 0 Å². The van der Waals surface area contributed by atoms with Gasteiger partial charge in [-0.3, -0.25) is 10.7 Å². The van der Waals surface area contributed by atoms with Crippen molar-refractivity contribution in [3.63, 3.8) is 0 Å². The van der Waals surface area contributed by atoms with Gasteiger partial charge in [-0.1, -0.05) is 18.2 Å². The van der Waals surface area contributed by atoms with Crippen LogP contribution in [-0.2, 0) is 6.42 Å². The Morgan fingerprint density at radius 3 is 2.33 bits per heavy atom. The molecular weight excluding hydrogens is 294 g/mol. The molecule has 0 atom stereocenters. The summed E-state index contributed by atoms with van der Waals surface area (Å²) in [5.74, 6) is 0.832. The van der Waals surface area contributed by atoms with E-state index in [2.05, 4.69) is 27.5 Å². The molecule has 2 N–H and O–H groups in total. The summed E-state index contributed by atoms with van der Waals surface area (Å²) in [4.78, 5) is 0. The number of ether oxygens (including phenoxy) is 1. The molecule has 0 aliphatic carbocycles. The summed E-state index contributed by atoms with van der Waals surface area (Å²) in [7, 11) is 1.65. The van der Waals surface area contributed by atoms with Crippen LogP contribution in [0, 0.1) is 0 Å². The Balaban J connectivity index is 2.15. The summed E-state index contributed by atoms with van der Waals surface area (Å²) in [6, 6.07) is 13.7. The van der Waals surface area contributed by atoms with Crippen LogP contribution >= 0.6 is 15.9 Å². The maximum absolute atomic E-state index is 8.74. The lowest BCUT2D eigenvalue weighted by molar-refractivity contribution is 0.389. The quantitative estimate of drug-likeness (QED) is 0.843. The van der Waals surface area contributed by atoms with Crippen LogP contribution in [0.1, 0.15) is 11.1 Å². The first-order valence-electron chi connectivity index (χ1n) is 5.54. The number of anilines is 1. The largest absolute Gasteiger partial charge is 0.496 e. The minimum absolute atomic E-state index is 0.690. The van der Waals surface area contributed by atoms with Crippen molar-refractivity contribution in [3.05, 3.63) is 58.1 Å². The first-order valence-corrected chi connectivity index (χ1v) is 6.33. The molecule has 0 unspecified atom stereocenters. The molecule has 18 heavy (non-hydrogen) atoms. The lowest BCUT2D eigenvalue weighted by Gasteiger charge is -2.07. The lowest BCUT2D eigenvalue weighted by atomic mass is 10.0. The van der Waals surface area contributed by atoms with Crippen LogP contribution in [0.5, 0.6) is 5.75 Å². The molecule has 3 nitrogen and oxygen atoms in total. The Morgan fingerprint density at radius 2 is 1.78 bits per heavy atom. The first kappa shape index (κ1) is 12.9. The Bertz CT molecular complexity index is 526. The second-order valence-electron chi connectivity index (χ2n) is 3.95. The monoisotopic (exact) mass is 307 g/mol. The molecule has 0 aliphatic heterocycles. The number of hydrogen-bond acceptors (Lipinski definition) is 3. The zero-order chi connectivity index (χ0) is 13.0. The van der Waals surface area contributed by atoms with Gasteiger partial charge in [-0.15, -0.1) is 0 Å². The topological polar surface area (TPSA) is 41.5 Å². The summed E-state index contributed by atoms with van der Waals surface area (Å²) in [5.41, 5.74) is 5.20. The van der Waals surface area contributed by atoms with Crippen molar-refractivity contribution in [2.75, 3.05) is 12.6 Å². The van der Waals surface area contributed by atoms with E-state index in [4.69, 9.17) is 9.94 Å². The number of rotatable bonds is 4. The van der Waals surface area contributed by atoms with Gasteiger partial charge < -0.3 is 4.74 Å². The molecule has 2 aromatic rings. The SMILES string of the molecule is COc1ccc(Cc2ccc(NO)cc2)cc1Br. The van der Waals surface area contributed by atoms with Gasteiger partial charge in [0.05, 0.1) is 17.3 Å². The van der Waals surface area contributed by atoms with Gasteiger partial charge in [0.2, 0.25) is 0 Å². The molecule has 4 heteroatoms. The van der Waals surface area contributed by atoms with E-state index >= 15 is 0 Å². The van der Waals surface area contributed by atoms with E-state index in [1.165, 1.54) is 11.1 Å². The number of hydrogen-bond donors (Lipinski definition) is 2. The maximum Gasteiger partial charge on any atom is 0.133 e. The highest BCUT2D eigenvalue weighted by atomic mass is 79.9. The fourth-order valence-electron chi connectivity index (χ4n) is 1.75. The Morgan fingerprint density at radius 1 is 1.11 bits per heavy atom. The molecule has 2 rings (SSSR count). The summed E-state index contributed by atoms with van der Waals surface area (Å²) < 4.78 is 6.15. The summed E-state index contributed by atoms with van der Waals surface area (Å²) in [6.45, 7) is 0.